The second-order valence-electron chi connectivity index (χ2n) is 5.06. The van der Waals surface area contributed by atoms with Gasteiger partial charge in [0.2, 0.25) is 0 Å². The number of aromatic carboxylic acids is 1. The van der Waals surface area contributed by atoms with Crippen LogP contribution in [0.1, 0.15) is 39.8 Å². The van der Waals surface area contributed by atoms with Crippen molar-refractivity contribution in [3.63, 3.8) is 0 Å². The zero-order valence-electron chi connectivity index (χ0n) is 12.5. The van der Waals surface area contributed by atoms with Crippen LogP contribution in [-0.2, 0) is 6.42 Å². The summed E-state index contributed by atoms with van der Waals surface area (Å²) in [6.45, 7) is 1.94. The Morgan fingerprint density at radius 1 is 1.30 bits per heavy atom. The quantitative estimate of drug-likeness (QED) is 0.781. The van der Waals surface area contributed by atoms with Gasteiger partial charge in [-0.05, 0) is 36.2 Å². The number of hydrogen-bond donors (Lipinski definition) is 3. The summed E-state index contributed by atoms with van der Waals surface area (Å²) in [7, 11) is 0. The molecule has 120 valence electrons. The molecule has 0 unspecified atom stereocenters. The Morgan fingerprint density at radius 2 is 2.00 bits per heavy atom. The third kappa shape index (κ3) is 3.28. The van der Waals surface area contributed by atoms with Gasteiger partial charge in [-0.25, -0.2) is 14.2 Å². The minimum atomic E-state index is -1.32. The number of anilines is 1. The summed E-state index contributed by atoms with van der Waals surface area (Å²) in [5.74, 6) is -3.04. The van der Waals surface area contributed by atoms with Crippen molar-refractivity contribution < 1.29 is 19.1 Å². The summed E-state index contributed by atoms with van der Waals surface area (Å²) in [4.78, 5) is 26.5. The Labute approximate surface area is 131 Å². The Balaban J connectivity index is 2.69. The second kappa shape index (κ2) is 6.43. The van der Waals surface area contributed by atoms with E-state index in [1.54, 1.807) is 0 Å². The van der Waals surface area contributed by atoms with Crippen LogP contribution in [0.4, 0.5) is 10.1 Å². The number of aryl methyl sites for hydroxylation is 1. The van der Waals surface area contributed by atoms with Crippen molar-refractivity contribution in [2.75, 3.05) is 5.73 Å². The molecule has 0 aliphatic rings. The lowest BCUT2D eigenvalue weighted by molar-refractivity contribution is 0.0691. The number of nitrogens with zero attached hydrogens (tertiary/aromatic N) is 1. The van der Waals surface area contributed by atoms with Gasteiger partial charge < -0.3 is 16.6 Å². The molecule has 0 aliphatic heterocycles. The number of benzene rings is 1. The largest absolute Gasteiger partial charge is 0.476 e. The van der Waals surface area contributed by atoms with Crippen molar-refractivity contribution in [2.45, 2.75) is 19.8 Å². The van der Waals surface area contributed by atoms with Gasteiger partial charge in [0.15, 0.2) is 5.69 Å². The molecule has 1 aromatic heterocycles. The van der Waals surface area contributed by atoms with Gasteiger partial charge in [-0.1, -0.05) is 13.3 Å². The average Bonchev–Trinajstić information content (AvgIpc) is 2.49. The molecule has 0 radical (unpaired) electrons. The molecule has 6 nitrogen and oxygen atoms in total. The number of hydrogen-bond acceptors (Lipinski definition) is 4. The predicted molar refractivity (Wildman–Crippen MR) is 83.5 cm³/mol. The van der Waals surface area contributed by atoms with E-state index in [1.165, 1.54) is 24.3 Å². The Morgan fingerprint density at radius 3 is 2.57 bits per heavy atom. The van der Waals surface area contributed by atoms with E-state index in [4.69, 9.17) is 16.6 Å². The number of carbonyl (C=O) groups is 2. The molecular formula is C16H16FN3O3. The molecule has 23 heavy (non-hydrogen) atoms. The lowest BCUT2D eigenvalue weighted by Crippen LogP contribution is -2.15. The average molecular weight is 317 g/mol. The third-order valence-electron chi connectivity index (χ3n) is 3.34. The van der Waals surface area contributed by atoms with Gasteiger partial charge in [-0.2, -0.15) is 0 Å². The number of carbonyl (C=O) groups excluding carboxylic acids is 1. The number of amides is 1. The van der Waals surface area contributed by atoms with E-state index in [1.807, 2.05) is 6.92 Å². The molecule has 1 aromatic carbocycles. The molecule has 0 spiro atoms. The fourth-order valence-corrected chi connectivity index (χ4v) is 2.27. The van der Waals surface area contributed by atoms with Crippen molar-refractivity contribution >= 4 is 17.6 Å². The first kappa shape index (κ1) is 16.4. The molecule has 0 atom stereocenters. The van der Waals surface area contributed by atoms with Crippen molar-refractivity contribution in [2.24, 2.45) is 5.73 Å². The Hall–Kier alpha value is -2.96. The highest BCUT2D eigenvalue weighted by molar-refractivity contribution is 5.95. The van der Waals surface area contributed by atoms with Crippen molar-refractivity contribution in [1.82, 2.24) is 4.98 Å². The van der Waals surface area contributed by atoms with Gasteiger partial charge in [-0.3, -0.25) is 4.79 Å². The van der Waals surface area contributed by atoms with Gasteiger partial charge in [0.25, 0.3) is 5.91 Å². The van der Waals surface area contributed by atoms with Crippen LogP contribution >= 0.6 is 0 Å². The van der Waals surface area contributed by atoms with Gasteiger partial charge >= 0.3 is 5.97 Å². The number of rotatable bonds is 5. The standard InChI is InChI=1S/C16H16FN3O3/c1-2-3-8-6-9(13(17)10(7-8)15(19)21)12-5-4-11(18)14(20-12)16(22)23/h4-7H,2-3,18H2,1H3,(H2,19,21)(H,22,23). The smallest absolute Gasteiger partial charge is 0.356 e. The summed E-state index contributed by atoms with van der Waals surface area (Å²) in [5, 5.41) is 9.08. The van der Waals surface area contributed by atoms with Crippen LogP contribution < -0.4 is 11.5 Å². The molecule has 0 saturated carbocycles. The number of aromatic nitrogens is 1. The molecule has 1 amide bonds. The summed E-state index contributed by atoms with van der Waals surface area (Å²) >= 11 is 0. The van der Waals surface area contributed by atoms with Crippen molar-refractivity contribution in [3.8, 4) is 11.3 Å². The predicted octanol–water partition coefficient (Wildman–Crippen LogP) is 2.22. The summed E-state index contributed by atoms with van der Waals surface area (Å²) in [6, 6.07) is 5.68. The zero-order valence-corrected chi connectivity index (χ0v) is 12.5. The maximum atomic E-state index is 14.5. The third-order valence-corrected chi connectivity index (χ3v) is 3.34. The van der Waals surface area contributed by atoms with E-state index >= 15 is 0 Å². The molecule has 0 fully saturated rings. The number of nitrogens with two attached hydrogens (primary N) is 2. The van der Waals surface area contributed by atoms with Crippen LogP contribution in [0.25, 0.3) is 11.3 Å². The molecule has 0 aliphatic carbocycles. The molecule has 1 heterocycles. The number of primary amides is 1. The number of pyridine rings is 1. The maximum absolute atomic E-state index is 14.5. The van der Waals surface area contributed by atoms with E-state index in [0.717, 1.165) is 6.42 Å². The van der Waals surface area contributed by atoms with E-state index in [-0.39, 0.29) is 28.2 Å². The Bertz CT molecular complexity index is 790. The number of nitrogen functional groups attached to an aromatic ring is 1. The lowest BCUT2D eigenvalue weighted by atomic mass is 9.99. The van der Waals surface area contributed by atoms with Crippen LogP contribution in [0.3, 0.4) is 0 Å². The first-order chi connectivity index (χ1) is 10.8. The summed E-state index contributed by atoms with van der Waals surface area (Å²) in [5.41, 5.74) is 10.9. The minimum absolute atomic E-state index is 0.0206. The minimum Gasteiger partial charge on any atom is -0.476 e. The summed E-state index contributed by atoms with van der Waals surface area (Å²) < 4.78 is 14.5. The van der Waals surface area contributed by atoms with Crippen LogP contribution in [0, 0.1) is 5.82 Å². The molecule has 2 aromatic rings. The van der Waals surface area contributed by atoms with Gasteiger partial charge in [0.05, 0.1) is 16.9 Å². The Kier molecular flexibility index (Phi) is 4.59. The monoisotopic (exact) mass is 317 g/mol. The fraction of sp³-hybridized carbons (Fsp3) is 0.188. The van der Waals surface area contributed by atoms with Crippen LogP contribution in [0.2, 0.25) is 0 Å². The van der Waals surface area contributed by atoms with Gasteiger partial charge in [0, 0.05) is 5.56 Å². The molecule has 2 rings (SSSR count). The molecule has 7 heteroatoms. The van der Waals surface area contributed by atoms with Crippen molar-refractivity contribution in [1.29, 1.82) is 0 Å². The van der Waals surface area contributed by atoms with E-state index in [9.17, 15) is 14.0 Å². The van der Waals surface area contributed by atoms with Crippen LogP contribution in [0.15, 0.2) is 24.3 Å². The molecule has 0 saturated heterocycles. The number of carboxylic acid groups (broad SMARTS) is 1. The SMILES string of the molecule is CCCc1cc(C(N)=O)c(F)c(-c2ccc(N)c(C(=O)O)n2)c1. The molecule has 0 bridgehead atoms. The van der Waals surface area contributed by atoms with Crippen LogP contribution in [0.5, 0.6) is 0 Å². The first-order valence-electron chi connectivity index (χ1n) is 6.97. The van der Waals surface area contributed by atoms with Gasteiger partial charge in [-0.15, -0.1) is 0 Å². The molecule has 5 N–H and O–H groups in total. The van der Waals surface area contributed by atoms with Gasteiger partial charge in [0.1, 0.15) is 5.82 Å². The highest BCUT2D eigenvalue weighted by Crippen LogP contribution is 2.27. The molecular weight excluding hydrogens is 301 g/mol. The van der Waals surface area contributed by atoms with E-state index < -0.39 is 17.7 Å². The van der Waals surface area contributed by atoms with Crippen molar-refractivity contribution in [3.05, 3.63) is 46.9 Å². The highest BCUT2D eigenvalue weighted by atomic mass is 19.1. The van der Waals surface area contributed by atoms with E-state index in [0.29, 0.717) is 12.0 Å². The second-order valence-corrected chi connectivity index (χ2v) is 5.06. The topological polar surface area (TPSA) is 119 Å². The van der Waals surface area contributed by atoms with E-state index in [2.05, 4.69) is 4.98 Å². The normalized spacial score (nSPS) is 10.5. The number of halogens is 1. The lowest BCUT2D eigenvalue weighted by Gasteiger charge is -2.11. The summed E-state index contributed by atoms with van der Waals surface area (Å²) in [6.07, 6.45) is 1.41. The zero-order chi connectivity index (χ0) is 17.1. The maximum Gasteiger partial charge on any atom is 0.356 e. The highest BCUT2D eigenvalue weighted by Gasteiger charge is 2.19. The number of carboxylic acids is 1. The fourth-order valence-electron chi connectivity index (χ4n) is 2.27. The van der Waals surface area contributed by atoms with Crippen LogP contribution in [-0.4, -0.2) is 22.0 Å². The first-order valence-corrected chi connectivity index (χ1v) is 6.97.